The van der Waals surface area contributed by atoms with E-state index in [1.54, 1.807) is 11.6 Å². The van der Waals surface area contributed by atoms with Crippen LogP contribution in [0, 0.1) is 0 Å². The van der Waals surface area contributed by atoms with Crippen LogP contribution in [0.2, 0.25) is 0 Å². The number of ether oxygens (including phenoxy) is 1. The Hall–Kier alpha value is -3.53. The Morgan fingerprint density at radius 1 is 0.852 bits per heavy atom. The van der Waals surface area contributed by atoms with Crippen molar-refractivity contribution in [3.05, 3.63) is 100 Å². The van der Waals surface area contributed by atoms with E-state index in [-0.39, 0.29) is 11.3 Å². The van der Waals surface area contributed by atoms with Gasteiger partial charge in [0, 0.05) is 18.9 Å². The molecule has 27 heavy (non-hydrogen) atoms. The molecule has 0 saturated carbocycles. The van der Waals surface area contributed by atoms with Crippen LogP contribution in [0.5, 0.6) is 17.2 Å². The van der Waals surface area contributed by atoms with E-state index in [9.17, 15) is 9.90 Å². The van der Waals surface area contributed by atoms with Gasteiger partial charge in [-0.05, 0) is 42.0 Å². The van der Waals surface area contributed by atoms with Crippen LogP contribution >= 0.6 is 0 Å². The van der Waals surface area contributed by atoms with Crippen LogP contribution in [0.25, 0.3) is 10.9 Å². The molecule has 4 nitrogen and oxygen atoms in total. The summed E-state index contributed by atoms with van der Waals surface area (Å²) in [5.74, 6) is 1.55. The van der Waals surface area contributed by atoms with E-state index in [1.807, 2.05) is 78.9 Å². The average molecular weight is 357 g/mol. The summed E-state index contributed by atoms with van der Waals surface area (Å²) in [6.07, 6.45) is 0.356. The van der Waals surface area contributed by atoms with Crippen LogP contribution in [-0.4, -0.2) is 9.67 Å². The number of benzene rings is 3. The van der Waals surface area contributed by atoms with Gasteiger partial charge in [0.1, 0.15) is 17.2 Å². The third-order valence-corrected chi connectivity index (χ3v) is 4.65. The zero-order valence-corrected chi connectivity index (χ0v) is 14.9. The number of para-hydroxylation sites is 2. The first-order chi connectivity index (χ1) is 13.1. The number of aromatic hydroxyl groups is 1. The normalized spacial score (nSPS) is 10.9. The van der Waals surface area contributed by atoms with Crippen LogP contribution in [0.1, 0.15) is 11.1 Å². The first kappa shape index (κ1) is 16.9. The van der Waals surface area contributed by atoms with Crippen molar-refractivity contribution in [2.24, 2.45) is 7.05 Å². The molecule has 0 unspecified atom stereocenters. The van der Waals surface area contributed by atoms with Gasteiger partial charge in [-0.1, -0.05) is 42.5 Å². The van der Waals surface area contributed by atoms with Gasteiger partial charge in [0.25, 0.3) is 5.56 Å². The maximum Gasteiger partial charge on any atom is 0.258 e. The highest BCUT2D eigenvalue weighted by Crippen LogP contribution is 2.28. The lowest BCUT2D eigenvalue weighted by Gasteiger charge is -2.12. The minimum Gasteiger partial charge on any atom is -0.507 e. The molecule has 3 aromatic carbocycles. The van der Waals surface area contributed by atoms with Crippen LogP contribution in [-0.2, 0) is 13.5 Å². The summed E-state index contributed by atoms with van der Waals surface area (Å²) in [6, 6.07) is 24.5. The van der Waals surface area contributed by atoms with Crippen LogP contribution < -0.4 is 10.3 Å². The van der Waals surface area contributed by atoms with E-state index >= 15 is 0 Å². The monoisotopic (exact) mass is 357 g/mol. The third kappa shape index (κ3) is 3.29. The minimum atomic E-state index is -0.184. The lowest BCUT2D eigenvalue weighted by molar-refractivity contribution is 0.473. The summed E-state index contributed by atoms with van der Waals surface area (Å²) in [5.41, 5.74) is 1.86. The summed E-state index contributed by atoms with van der Waals surface area (Å²) < 4.78 is 7.37. The summed E-state index contributed by atoms with van der Waals surface area (Å²) in [6.45, 7) is 0. The molecule has 134 valence electrons. The quantitative estimate of drug-likeness (QED) is 0.579. The van der Waals surface area contributed by atoms with Gasteiger partial charge in [0.05, 0.1) is 11.1 Å². The molecule has 0 fully saturated rings. The average Bonchev–Trinajstić information content (AvgIpc) is 2.71. The fourth-order valence-electron chi connectivity index (χ4n) is 3.21. The maximum atomic E-state index is 12.7. The van der Waals surface area contributed by atoms with E-state index in [2.05, 4.69) is 0 Å². The molecule has 0 spiro atoms. The van der Waals surface area contributed by atoms with E-state index in [1.165, 1.54) is 0 Å². The highest BCUT2D eigenvalue weighted by atomic mass is 16.5. The Morgan fingerprint density at radius 2 is 1.48 bits per heavy atom. The number of hydrogen-bond acceptors (Lipinski definition) is 3. The number of nitrogens with zero attached hydrogens (tertiary/aromatic N) is 1. The molecule has 4 rings (SSSR count). The largest absolute Gasteiger partial charge is 0.507 e. The summed E-state index contributed by atoms with van der Waals surface area (Å²) in [4.78, 5) is 12.7. The van der Waals surface area contributed by atoms with Crippen molar-refractivity contribution >= 4 is 10.9 Å². The molecule has 4 aromatic rings. The molecule has 0 bridgehead atoms. The van der Waals surface area contributed by atoms with E-state index in [0.717, 1.165) is 22.6 Å². The van der Waals surface area contributed by atoms with Crippen molar-refractivity contribution in [1.29, 1.82) is 0 Å². The lowest BCUT2D eigenvalue weighted by atomic mass is 10.0. The second kappa shape index (κ2) is 7.00. The van der Waals surface area contributed by atoms with Crippen molar-refractivity contribution in [3.63, 3.8) is 0 Å². The van der Waals surface area contributed by atoms with Crippen molar-refractivity contribution in [2.75, 3.05) is 0 Å². The molecule has 0 atom stereocenters. The second-order valence-electron chi connectivity index (χ2n) is 6.44. The predicted octanol–water partition coefficient (Wildman–Crippen LogP) is 4.63. The molecule has 0 radical (unpaired) electrons. The molecule has 0 amide bonds. The topological polar surface area (TPSA) is 51.5 Å². The first-order valence-electron chi connectivity index (χ1n) is 8.75. The van der Waals surface area contributed by atoms with Crippen LogP contribution in [0.15, 0.2) is 83.7 Å². The Kier molecular flexibility index (Phi) is 4.38. The van der Waals surface area contributed by atoms with Crippen LogP contribution in [0.4, 0.5) is 0 Å². The first-order valence-corrected chi connectivity index (χ1v) is 8.75. The molecule has 1 heterocycles. The van der Waals surface area contributed by atoms with Gasteiger partial charge in [0.2, 0.25) is 0 Å². The molecule has 0 aliphatic heterocycles. The Labute approximate surface area is 156 Å². The number of rotatable bonds is 4. The molecule has 4 heteroatoms. The lowest BCUT2D eigenvalue weighted by Crippen LogP contribution is -2.21. The number of aryl methyl sites for hydroxylation is 1. The smallest absolute Gasteiger partial charge is 0.258 e. The fraction of sp³-hybridized carbons (Fsp3) is 0.0870. The molecule has 0 aliphatic carbocycles. The van der Waals surface area contributed by atoms with Crippen molar-refractivity contribution in [2.45, 2.75) is 6.42 Å². The summed E-state index contributed by atoms with van der Waals surface area (Å²) in [5, 5.41) is 11.3. The fourth-order valence-corrected chi connectivity index (χ4v) is 3.21. The predicted molar refractivity (Wildman–Crippen MR) is 107 cm³/mol. The molecular formula is C23H19NO3. The number of aromatic nitrogens is 1. The second-order valence-corrected chi connectivity index (χ2v) is 6.44. The molecule has 0 aliphatic rings. The van der Waals surface area contributed by atoms with Gasteiger partial charge in [0.15, 0.2) is 0 Å². The van der Waals surface area contributed by atoms with Crippen molar-refractivity contribution < 1.29 is 9.84 Å². The zero-order chi connectivity index (χ0) is 18.8. The maximum absolute atomic E-state index is 12.7. The van der Waals surface area contributed by atoms with Crippen LogP contribution in [0.3, 0.4) is 0 Å². The number of hydrogen-bond donors (Lipinski definition) is 1. The highest BCUT2D eigenvalue weighted by Gasteiger charge is 2.14. The standard InChI is InChI=1S/C23H19NO3/c1-24-21-10-6-5-9-19(21)22(25)20(23(24)26)15-16-11-13-18(14-12-16)27-17-7-3-2-4-8-17/h2-14,25H,15H2,1H3. The van der Waals surface area contributed by atoms with Gasteiger partial charge in [-0.3, -0.25) is 4.79 Å². The number of pyridine rings is 1. The molecule has 1 N–H and O–H groups in total. The van der Waals surface area contributed by atoms with E-state index < -0.39 is 0 Å². The van der Waals surface area contributed by atoms with Gasteiger partial charge < -0.3 is 14.4 Å². The van der Waals surface area contributed by atoms with Crippen molar-refractivity contribution in [3.8, 4) is 17.2 Å². The molecule has 0 saturated heterocycles. The van der Waals surface area contributed by atoms with E-state index in [0.29, 0.717) is 17.4 Å². The van der Waals surface area contributed by atoms with Gasteiger partial charge in [-0.15, -0.1) is 0 Å². The SMILES string of the molecule is Cn1c(=O)c(Cc2ccc(Oc3ccccc3)cc2)c(O)c2ccccc21. The highest BCUT2D eigenvalue weighted by molar-refractivity contribution is 5.86. The van der Waals surface area contributed by atoms with Gasteiger partial charge in [-0.25, -0.2) is 0 Å². The molecule has 1 aromatic heterocycles. The van der Waals surface area contributed by atoms with Gasteiger partial charge in [-0.2, -0.15) is 0 Å². The zero-order valence-electron chi connectivity index (χ0n) is 14.9. The Bertz CT molecular complexity index is 1150. The Balaban J connectivity index is 1.64. The molecular weight excluding hydrogens is 338 g/mol. The van der Waals surface area contributed by atoms with Gasteiger partial charge >= 0.3 is 0 Å². The third-order valence-electron chi connectivity index (χ3n) is 4.65. The minimum absolute atomic E-state index is 0.0540. The van der Waals surface area contributed by atoms with Crippen molar-refractivity contribution in [1.82, 2.24) is 4.57 Å². The summed E-state index contributed by atoms with van der Waals surface area (Å²) >= 11 is 0. The van der Waals surface area contributed by atoms with E-state index in [4.69, 9.17) is 4.74 Å². The number of fused-ring (bicyclic) bond motifs is 1. The summed E-state index contributed by atoms with van der Waals surface area (Å²) in [7, 11) is 1.73. The Morgan fingerprint density at radius 3 is 2.22 bits per heavy atom.